The number of fused-ring (bicyclic) bond motifs is 2. The lowest BCUT2D eigenvalue weighted by Crippen LogP contribution is -2.66. The molecule has 1 heterocycles. The first kappa shape index (κ1) is 6.44. The Hall–Kier alpha value is -0.0800. The second-order valence-electron chi connectivity index (χ2n) is 4.28. The molecule has 0 aromatic heterocycles. The van der Waals surface area contributed by atoms with Crippen molar-refractivity contribution in [2.75, 3.05) is 6.61 Å². The predicted octanol–water partition coefficient (Wildman–Crippen LogP) is 0.936. The van der Waals surface area contributed by atoms with Crippen molar-refractivity contribution in [2.24, 2.45) is 11.3 Å². The van der Waals surface area contributed by atoms with Crippen molar-refractivity contribution in [3.63, 3.8) is 0 Å². The zero-order valence-electron chi connectivity index (χ0n) is 6.62. The van der Waals surface area contributed by atoms with Crippen LogP contribution >= 0.6 is 0 Å². The molecule has 0 unspecified atom stereocenters. The van der Waals surface area contributed by atoms with Gasteiger partial charge in [-0.2, -0.15) is 0 Å². The van der Waals surface area contributed by atoms with Crippen LogP contribution in [0.2, 0.25) is 0 Å². The summed E-state index contributed by atoms with van der Waals surface area (Å²) >= 11 is 0. The van der Waals surface area contributed by atoms with Gasteiger partial charge in [0.25, 0.3) is 0 Å². The number of hydrogen-bond donors (Lipinski definition) is 1. The second-order valence-corrected chi connectivity index (χ2v) is 4.28. The number of hydrogen-bond acceptors (Lipinski definition) is 2. The number of ether oxygens (including phenoxy) is 1. The molecule has 0 aromatic carbocycles. The van der Waals surface area contributed by atoms with Crippen LogP contribution in [-0.2, 0) is 4.74 Å². The summed E-state index contributed by atoms with van der Waals surface area (Å²) in [5.74, 6) is 0.496. The Morgan fingerprint density at radius 3 is 2.82 bits per heavy atom. The minimum atomic E-state index is -0.0243. The molecule has 2 aliphatic carbocycles. The van der Waals surface area contributed by atoms with Gasteiger partial charge in [-0.3, -0.25) is 0 Å². The fraction of sp³-hybridized carbons (Fsp3) is 1.00. The van der Waals surface area contributed by atoms with Crippen LogP contribution in [-0.4, -0.2) is 23.9 Å². The van der Waals surface area contributed by atoms with Crippen LogP contribution in [0.25, 0.3) is 0 Å². The Kier molecular flexibility index (Phi) is 1.06. The van der Waals surface area contributed by atoms with Crippen LogP contribution in [0, 0.1) is 11.3 Å². The van der Waals surface area contributed by atoms with Crippen LogP contribution in [0.1, 0.15) is 25.7 Å². The first-order valence-electron chi connectivity index (χ1n) is 4.64. The third-order valence-electron chi connectivity index (χ3n) is 3.98. The van der Waals surface area contributed by atoms with Gasteiger partial charge in [0.1, 0.15) is 0 Å². The van der Waals surface area contributed by atoms with Crippen molar-refractivity contribution in [3.8, 4) is 0 Å². The van der Waals surface area contributed by atoms with E-state index in [1.165, 1.54) is 19.3 Å². The van der Waals surface area contributed by atoms with Gasteiger partial charge in [-0.25, -0.2) is 0 Å². The summed E-state index contributed by atoms with van der Waals surface area (Å²) in [5, 5.41) is 9.81. The molecule has 1 saturated heterocycles. The maximum atomic E-state index is 9.81. The van der Waals surface area contributed by atoms with Gasteiger partial charge in [0, 0.05) is 17.9 Å². The molecule has 0 aromatic rings. The molecule has 0 radical (unpaired) electrons. The standard InChI is InChI=1S/C9H14O2/c10-7-6-2-5-11-8(6)9(7)3-1-4-9/h6-8,10H,1-5H2/t6-,7+,8+/m0/s1. The van der Waals surface area contributed by atoms with E-state index in [1.54, 1.807) is 0 Å². The van der Waals surface area contributed by atoms with Crippen LogP contribution in [0.5, 0.6) is 0 Å². The lowest BCUT2D eigenvalue weighted by Gasteiger charge is -2.60. The summed E-state index contributed by atoms with van der Waals surface area (Å²) in [6, 6.07) is 0. The number of aliphatic hydroxyl groups is 1. The molecule has 0 bridgehead atoms. The molecule has 62 valence electrons. The van der Waals surface area contributed by atoms with Gasteiger partial charge in [0.05, 0.1) is 12.2 Å². The third kappa shape index (κ3) is 0.541. The van der Waals surface area contributed by atoms with E-state index in [0.717, 1.165) is 13.0 Å². The van der Waals surface area contributed by atoms with Gasteiger partial charge in [0.2, 0.25) is 0 Å². The highest BCUT2D eigenvalue weighted by atomic mass is 16.5. The van der Waals surface area contributed by atoms with Gasteiger partial charge in [-0.05, 0) is 19.3 Å². The van der Waals surface area contributed by atoms with Crippen molar-refractivity contribution in [1.82, 2.24) is 0 Å². The average Bonchev–Trinajstić information content (AvgIpc) is 2.29. The lowest BCUT2D eigenvalue weighted by atomic mass is 9.48. The fourth-order valence-electron chi connectivity index (χ4n) is 3.16. The SMILES string of the molecule is O[C@@H]1[C@@H]2CCO[C@H]2C12CCC2. The highest BCUT2D eigenvalue weighted by molar-refractivity contribution is 5.15. The summed E-state index contributed by atoms with van der Waals surface area (Å²) in [7, 11) is 0. The Balaban J connectivity index is 1.86. The summed E-state index contributed by atoms with van der Waals surface area (Å²) in [5.41, 5.74) is 0.237. The van der Waals surface area contributed by atoms with E-state index < -0.39 is 0 Å². The quantitative estimate of drug-likeness (QED) is 0.562. The zero-order chi connectivity index (χ0) is 7.47. The third-order valence-corrected chi connectivity index (χ3v) is 3.98. The summed E-state index contributed by atoms with van der Waals surface area (Å²) in [4.78, 5) is 0. The summed E-state index contributed by atoms with van der Waals surface area (Å²) in [6.07, 6.45) is 5.21. The van der Waals surface area contributed by atoms with Gasteiger partial charge >= 0.3 is 0 Å². The molecule has 3 atom stereocenters. The molecule has 2 heteroatoms. The number of rotatable bonds is 0. The maximum Gasteiger partial charge on any atom is 0.0709 e. The summed E-state index contributed by atoms with van der Waals surface area (Å²) < 4.78 is 5.62. The lowest BCUT2D eigenvalue weighted by molar-refractivity contribution is -0.235. The van der Waals surface area contributed by atoms with E-state index in [1.807, 2.05) is 0 Å². The highest BCUT2D eigenvalue weighted by Gasteiger charge is 2.66. The van der Waals surface area contributed by atoms with E-state index in [-0.39, 0.29) is 11.5 Å². The number of aliphatic hydroxyl groups excluding tert-OH is 1. The van der Waals surface area contributed by atoms with Gasteiger partial charge < -0.3 is 9.84 Å². The molecular weight excluding hydrogens is 140 g/mol. The molecule has 3 fully saturated rings. The van der Waals surface area contributed by atoms with Crippen LogP contribution in [0.15, 0.2) is 0 Å². The molecule has 11 heavy (non-hydrogen) atoms. The molecule has 0 amide bonds. The molecule has 2 nitrogen and oxygen atoms in total. The van der Waals surface area contributed by atoms with Crippen LogP contribution < -0.4 is 0 Å². The Morgan fingerprint density at radius 2 is 2.18 bits per heavy atom. The van der Waals surface area contributed by atoms with Crippen molar-refractivity contribution < 1.29 is 9.84 Å². The smallest absolute Gasteiger partial charge is 0.0709 e. The minimum Gasteiger partial charge on any atom is -0.392 e. The highest BCUT2D eigenvalue weighted by Crippen LogP contribution is 2.62. The van der Waals surface area contributed by atoms with Crippen molar-refractivity contribution >= 4 is 0 Å². The van der Waals surface area contributed by atoms with Gasteiger partial charge in [-0.15, -0.1) is 0 Å². The minimum absolute atomic E-state index is 0.0243. The monoisotopic (exact) mass is 154 g/mol. The topological polar surface area (TPSA) is 29.5 Å². The van der Waals surface area contributed by atoms with E-state index in [2.05, 4.69) is 0 Å². The van der Waals surface area contributed by atoms with Crippen LogP contribution in [0.3, 0.4) is 0 Å². The first-order chi connectivity index (χ1) is 5.34. The zero-order valence-corrected chi connectivity index (χ0v) is 6.62. The van der Waals surface area contributed by atoms with E-state index in [9.17, 15) is 5.11 Å². The Morgan fingerprint density at radius 1 is 1.36 bits per heavy atom. The summed E-state index contributed by atoms with van der Waals surface area (Å²) in [6.45, 7) is 0.883. The predicted molar refractivity (Wildman–Crippen MR) is 40.1 cm³/mol. The molecule has 1 N–H and O–H groups in total. The molecular formula is C9H14O2. The molecule has 1 aliphatic heterocycles. The molecule has 3 rings (SSSR count). The molecule has 3 aliphatic rings. The molecule has 2 saturated carbocycles. The largest absolute Gasteiger partial charge is 0.392 e. The van der Waals surface area contributed by atoms with Crippen molar-refractivity contribution in [3.05, 3.63) is 0 Å². The molecule has 1 spiro atoms. The maximum absolute atomic E-state index is 9.81. The Labute approximate surface area is 66.5 Å². The van der Waals surface area contributed by atoms with Gasteiger partial charge in [-0.1, -0.05) is 6.42 Å². The second kappa shape index (κ2) is 1.80. The van der Waals surface area contributed by atoms with Crippen LogP contribution in [0.4, 0.5) is 0 Å². The Bertz CT molecular complexity index is 186. The van der Waals surface area contributed by atoms with Crippen molar-refractivity contribution in [2.45, 2.75) is 37.9 Å². The normalized spacial score (nSPS) is 51.5. The van der Waals surface area contributed by atoms with Gasteiger partial charge in [0.15, 0.2) is 0 Å². The van der Waals surface area contributed by atoms with E-state index in [4.69, 9.17) is 4.74 Å². The average molecular weight is 154 g/mol. The van der Waals surface area contributed by atoms with E-state index >= 15 is 0 Å². The fourth-order valence-corrected chi connectivity index (χ4v) is 3.16. The van der Waals surface area contributed by atoms with E-state index in [0.29, 0.717) is 12.0 Å². The first-order valence-corrected chi connectivity index (χ1v) is 4.64. The van der Waals surface area contributed by atoms with Crippen molar-refractivity contribution in [1.29, 1.82) is 0 Å².